The van der Waals surface area contributed by atoms with Gasteiger partial charge in [-0.1, -0.05) is 41.4 Å². The van der Waals surface area contributed by atoms with E-state index in [1.807, 2.05) is 0 Å². The van der Waals surface area contributed by atoms with Gasteiger partial charge in [0.2, 0.25) is 0 Å². The highest BCUT2D eigenvalue weighted by atomic mass is 35.5. The lowest BCUT2D eigenvalue weighted by atomic mass is 10.2. The smallest absolute Gasteiger partial charge is 0.341 e. The summed E-state index contributed by atoms with van der Waals surface area (Å²) >= 11 is 17.4. The van der Waals surface area contributed by atoms with Gasteiger partial charge < -0.3 is 4.74 Å². The van der Waals surface area contributed by atoms with Crippen molar-refractivity contribution in [2.75, 3.05) is 6.61 Å². The molecule has 1 aromatic rings. The van der Waals surface area contributed by atoms with E-state index >= 15 is 0 Å². The Bertz CT molecular complexity index is 418. The molecule has 0 bridgehead atoms. The van der Waals surface area contributed by atoms with Gasteiger partial charge >= 0.3 is 5.97 Å². The lowest BCUT2D eigenvalue weighted by Gasteiger charge is -2.08. The van der Waals surface area contributed by atoms with E-state index < -0.39 is 5.97 Å². The van der Waals surface area contributed by atoms with Crippen LogP contribution in [0.5, 0.6) is 0 Å². The minimum atomic E-state index is -0.588. The van der Waals surface area contributed by atoms with Crippen LogP contribution in [0.3, 0.4) is 0 Å². The Labute approximate surface area is 109 Å². The van der Waals surface area contributed by atoms with E-state index in [0.717, 1.165) is 5.57 Å². The number of halogens is 3. The number of hydrogen-bond acceptors (Lipinski definition) is 2. The zero-order valence-corrected chi connectivity index (χ0v) is 10.8. The molecule has 86 valence electrons. The van der Waals surface area contributed by atoms with Crippen LogP contribution in [0.25, 0.3) is 0 Å². The van der Waals surface area contributed by atoms with Gasteiger partial charge in [0, 0.05) is 5.02 Å². The second-order valence-corrected chi connectivity index (χ2v) is 4.53. The molecule has 1 aromatic carbocycles. The third-order valence-corrected chi connectivity index (χ3v) is 2.48. The number of hydrogen-bond donors (Lipinski definition) is 0. The first-order chi connectivity index (χ1) is 7.41. The number of esters is 1. The van der Waals surface area contributed by atoms with E-state index in [1.54, 1.807) is 6.92 Å². The highest BCUT2D eigenvalue weighted by molar-refractivity contribution is 6.41. The molecule has 0 saturated carbocycles. The van der Waals surface area contributed by atoms with Gasteiger partial charge in [-0.2, -0.15) is 0 Å². The Morgan fingerprint density at radius 1 is 1.31 bits per heavy atom. The predicted molar refractivity (Wildman–Crippen MR) is 66.6 cm³/mol. The minimum Gasteiger partial charge on any atom is -0.458 e. The Balaban J connectivity index is 2.95. The van der Waals surface area contributed by atoms with Gasteiger partial charge in [-0.3, -0.25) is 0 Å². The minimum absolute atomic E-state index is 0.119. The van der Waals surface area contributed by atoms with E-state index in [9.17, 15) is 4.79 Å². The van der Waals surface area contributed by atoms with Crippen LogP contribution in [0.1, 0.15) is 17.3 Å². The molecule has 16 heavy (non-hydrogen) atoms. The average Bonchev–Trinajstić information content (AvgIpc) is 2.12. The summed E-state index contributed by atoms with van der Waals surface area (Å²) in [6.45, 7) is 5.50. The normalized spacial score (nSPS) is 10.0. The van der Waals surface area contributed by atoms with Crippen LogP contribution in [0.4, 0.5) is 0 Å². The quantitative estimate of drug-likeness (QED) is 0.606. The molecule has 0 heterocycles. The highest BCUT2D eigenvalue weighted by Gasteiger charge is 2.17. The van der Waals surface area contributed by atoms with Gasteiger partial charge in [0.05, 0.1) is 15.6 Å². The van der Waals surface area contributed by atoms with Crippen LogP contribution in [-0.2, 0) is 4.74 Å². The molecular formula is C11H9Cl3O2. The maximum Gasteiger partial charge on any atom is 0.341 e. The molecule has 0 aliphatic carbocycles. The summed E-state index contributed by atoms with van der Waals surface area (Å²) in [6, 6.07) is 2.87. The first-order valence-electron chi connectivity index (χ1n) is 4.38. The first-order valence-corrected chi connectivity index (χ1v) is 5.51. The van der Waals surface area contributed by atoms with E-state index in [0.29, 0.717) is 5.02 Å². The molecular weight excluding hydrogens is 270 g/mol. The van der Waals surface area contributed by atoms with Crippen molar-refractivity contribution in [3.63, 3.8) is 0 Å². The molecule has 0 radical (unpaired) electrons. The third-order valence-electron chi connectivity index (χ3n) is 1.66. The number of carbonyl (C=O) groups is 1. The Kier molecular flexibility index (Phi) is 4.66. The van der Waals surface area contributed by atoms with Crippen LogP contribution in [0.2, 0.25) is 15.1 Å². The average molecular weight is 280 g/mol. The van der Waals surface area contributed by atoms with Crippen LogP contribution in [0, 0.1) is 0 Å². The summed E-state index contributed by atoms with van der Waals surface area (Å²) < 4.78 is 4.94. The lowest BCUT2D eigenvalue weighted by Crippen LogP contribution is -2.08. The van der Waals surface area contributed by atoms with Crippen molar-refractivity contribution in [2.45, 2.75) is 6.92 Å². The molecule has 2 nitrogen and oxygen atoms in total. The van der Waals surface area contributed by atoms with Crippen LogP contribution in [0.15, 0.2) is 24.3 Å². The number of rotatable bonds is 3. The number of benzene rings is 1. The summed E-state index contributed by atoms with van der Waals surface area (Å²) in [5, 5.41) is 0.708. The Morgan fingerprint density at radius 3 is 2.25 bits per heavy atom. The van der Waals surface area contributed by atoms with E-state index in [1.165, 1.54) is 12.1 Å². The van der Waals surface area contributed by atoms with Crippen molar-refractivity contribution in [1.82, 2.24) is 0 Å². The number of ether oxygens (including phenoxy) is 1. The first kappa shape index (κ1) is 13.4. The summed E-state index contributed by atoms with van der Waals surface area (Å²) in [6.07, 6.45) is 0. The molecule has 0 aliphatic rings. The SMILES string of the molecule is C=C(C)COC(=O)c1c(Cl)cc(Cl)cc1Cl. The van der Waals surface area contributed by atoms with Crippen molar-refractivity contribution >= 4 is 40.8 Å². The maximum absolute atomic E-state index is 11.6. The fourth-order valence-electron chi connectivity index (χ4n) is 0.998. The molecule has 0 amide bonds. The van der Waals surface area contributed by atoms with E-state index in [4.69, 9.17) is 39.5 Å². The maximum atomic E-state index is 11.6. The van der Waals surface area contributed by atoms with Gasteiger partial charge in [0.15, 0.2) is 0 Å². The second kappa shape index (κ2) is 5.58. The fraction of sp³-hybridized carbons (Fsp3) is 0.182. The lowest BCUT2D eigenvalue weighted by molar-refractivity contribution is 0.0541. The van der Waals surface area contributed by atoms with E-state index in [2.05, 4.69) is 6.58 Å². The van der Waals surface area contributed by atoms with Gasteiger partial charge in [-0.15, -0.1) is 0 Å². The zero-order valence-electron chi connectivity index (χ0n) is 8.52. The molecule has 0 spiro atoms. The zero-order chi connectivity index (χ0) is 12.3. The molecule has 0 aliphatic heterocycles. The summed E-state index contributed by atoms with van der Waals surface area (Å²) in [5.41, 5.74) is 0.851. The van der Waals surface area contributed by atoms with Crippen molar-refractivity contribution in [1.29, 1.82) is 0 Å². The van der Waals surface area contributed by atoms with Crippen molar-refractivity contribution in [2.24, 2.45) is 0 Å². The molecule has 0 N–H and O–H groups in total. The second-order valence-electron chi connectivity index (χ2n) is 3.28. The van der Waals surface area contributed by atoms with Crippen molar-refractivity contribution in [3.05, 3.63) is 44.9 Å². The highest BCUT2D eigenvalue weighted by Crippen LogP contribution is 2.29. The van der Waals surface area contributed by atoms with Crippen LogP contribution < -0.4 is 0 Å². The topological polar surface area (TPSA) is 26.3 Å². The molecule has 0 saturated heterocycles. The summed E-state index contributed by atoms with van der Waals surface area (Å²) in [7, 11) is 0. The molecule has 0 atom stereocenters. The number of carbonyl (C=O) groups excluding carboxylic acids is 1. The van der Waals surface area contributed by atoms with Crippen LogP contribution >= 0.6 is 34.8 Å². The predicted octanol–water partition coefficient (Wildman–Crippen LogP) is 4.38. The van der Waals surface area contributed by atoms with Gasteiger partial charge in [0.25, 0.3) is 0 Å². The molecule has 0 aromatic heterocycles. The van der Waals surface area contributed by atoms with Crippen LogP contribution in [-0.4, -0.2) is 12.6 Å². The van der Waals surface area contributed by atoms with Gasteiger partial charge in [0.1, 0.15) is 6.61 Å². The molecule has 1 rings (SSSR count). The largest absolute Gasteiger partial charge is 0.458 e. The molecule has 5 heteroatoms. The van der Waals surface area contributed by atoms with E-state index in [-0.39, 0.29) is 22.2 Å². The molecule has 0 unspecified atom stereocenters. The fourth-order valence-corrected chi connectivity index (χ4v) is 1.97. The van der Waals surface area contributed by atoms with Gasteiger partial charge in [-0.05, 0) is 24.6 Å². The Hall–Kier alpha value is -0.700. The Morgan fingerprint density at radius 2 is 1.81 bits per heavy atom. The molecule has 0 fully saturated rings. The van der Waals surface area contributed by atoms with Crippen molar-refractivity contribution < 1.29 is 9.53 Å². The third kappa shape index (κ3) is 3.41. The monoisotopic (exact) mass is 278 g/mol. The summed E-state index contributed by atoms with van der Waals surface area (Å²) in [5.74, 6) is -0.588. The van der Waals surface area contributed by atoms with Gasteiger partial charge in [-0.25, -0.2) is 4.79 Å². The standard InChI is InChI=1S/C11H9Cl3O2/c1-6(2)5-16-11(15)10-8(13)3-7(12)4-9(10)14/h3-4H,1,5H2,2H3. The van der Waals surface area contributed by atoms with Crippen molar-refractivity contribution in [3.8, 4) is 0 Å². The summed E-state index contributed by atoms with van der Waals surface area (Å²) in [4.78, 5) is 11.6.